The molecule has 1 N–H and O–H groups in total. The molecule has 1 aromatic heterocycles. The number of fused-ring (bicyclic) bond motifs is 1. The van der Waals surface area contributed by atoms with E-state index in [4.69, 9.17) is 0 Å². The lowest BCUT2D eigenvalue weighted by Crippen LogP contribution is -2.14. The summed E-state index contributed by atoms with van der Waals surface area (Å²) in [5.74, 6) is -0.434. The molecule has 3 nitrogen and oxygen atoms in total. The fourth-order valence-corrected chi connectivity index (χ4v) is 2.92. The maximum absolute atomic E-state index is 12.8. The van der Waals surface area contributed by atoms with Gasteiger partial charge in [0.1, 0.15) is 5.82 Å². The number of rotatable bonds is 3. The van der Waals surface area contributed by atoms with E-state index in [-0.39, 0.29) is 18.1 Å². The Morgan fingerprint density at radius 2 is 2.00 bits per heavy atom. The van der Waals surface area contributed by atoms with Crippen molar-refractivity contribution in [2.24, 2.45) is 0 Å². The number of benzene rings is 2. The van der Waals surface area contributed by atoms with Crippen molar-refractivity contribution in [2.45, 2.75) is 13.3 Å². The summed E-state index contributed by atoms with van der Waals surface area (Å²) in [4.78, 5) is 16.4. The number of hydrogen-bond acceptors (Lipinski definition) is 3. The Hall–Kier alpha value is -2.27. The number of aromatic nitrogens is 1. The molecule has 1 heterocycles. The van der Waals surface area contributed by atoms with Crippen LogP contribution in [0.1, 0.15) is 10.6 Å². The van der Waals surface area contributed by atoms with Crippen LogP contribution in [0.2, 0.25) is 0 Å². The summed E-state index contributed by atoms with van der Waals surface area (Å²) in [5, 5.41) is 3.84. The van der Waals surface area contributed by atoms with Gasteiger partial charge in [0.15, 0.2) is 0 Å². The molecule has 3 rings (SSSR count). The number of halogens is 1. The van der Waals surface area contributed by atoms with Gasteiger partial charge < -0.3 is 5.32 Å². The van der Waals surface area contributed by atoms with Gasteiger partial charge in [0.25, 0.3) is 0 Å². The van der Waals surface area contributed by atoms with Gasteiger partial charge in [-0.05, 0) is 42.8 Å². The van der Waals surface area contributed by atoms with Gasteiger partial charge in [-0.2, -0.15) is 0 Å². The molecule has 0 saturated heterocycles. The minimum atomic E-state index is -0.302. The van der Waals surface area contributed by atoms with Gasteiger partial charge in [-0.3, -0.25) is 4.79 Å². The summed E-state index contributed by atoms with van der Waals surface area (Å²) in [5.41, 5.74) is 2.39. The molecule has 21 heavy (non-hydrogen) atoms. The van der Waals surface area contributed by atoms with Crippen LogP contribution in [0, 0.1) is 12.7 Å². The Labute approximate surface area is 125 Å². The molecule has 0 bridgehead atoms. The third-order valence-electron chi connectivity index (χ3n) is 3.06. The van der Waals surface area contributed by atoms with E-state index in [1.54, 1.807) is 23.5 Å². The smallest absolute Gasteiger partial charge is 0.228 e. The standard InChI is InChI=1S/C16H13FN2OS/c1-10-18-14-9-13(6-7-15(14)21-10)19-16(20)8-11-2-4-12(17)5-3-11/h2-7,9H,8H2,1H3,(H,19,20). The SMILES string of the molecule is Cc1nc2cc(NC(=O)Cc3ccc(F)cc3)ccc2s1. The predicted octanol–water partition coefficient (Wildman–Crippen LogP) is 3.93. The van der Waals surface area contributed by atoms with Gasteiger partial charge in [-0.25, -0.2) is 9.37 Å². The summed E-state index contributed by atoms with van der Waals surface area (Å²) in [6.07, 6.45) is 0.217. The molecule has 3 aromatic rings. The second-order valence-corrected chi connectivity index (χ2v) is 6.00. The van der Waals surface area contributed by atoms with E-state index in [1.807, 2.05) is 25.1 Å². The summed E-state index contributed by atoms with van der Waals surface area (Å²) < 4.78 is 13.9. The van der Waals surface area contributed by atoms with Crippen molar-refractivity contribution in [2.75, 3.05) is 5.32 Å². The maximum Gasteiger partial charge on any atom is 0.228 e. The second-order valence-electron chi connectivity index (χ2n) is 4.77. The van der Waals surface area contributed by atoms with Crippen LogP contribution < -0.4 is 5.32 Å². The van der Waals surface area contributed by atoms with E-state index < -0.39 is 0 Å². The summed E-state index contributed by atoms with van der Waals surface area (Å²) in [6, 6.07) is 11.6. The van der Waals surface area contributed by atoms with Crippen molar-refractivity contribution in [3.05, 3.63) is 58.9 Å². The molecule has 0 fully saturated rings. The summed E-state index contributed by atoms with van der Waals surface area (Å²) >= 11 is 1.62. The fraction of sp³-hybridized carbons (Fsp3) is 0.125. The zero-order valence-electron chi connectivity index (χ0n) is 11.4. The molecule has 0 aliphatic heterocycles. The van der Waals surface area contributed by atoms with Gasteiger partial charge in [-0.15, -0.1) is 11.3 Å². The van der Waals surface area contributed by atoms with Crippen LogP contribution in [-0.2, 0) is 11.2 Å². The predicted molar refractivity (Wildman–Crippen MR) is 83.1 cm³/mol. The topological polar surface area (TPSA) is 42.0 Å². The molecule has 1 amide bonds. The second kappa shape index (κ2) is 5.61. The van der Waals surface area contributed by atoms with Crippen LogP contribution in [0.3, 0.4) is 0 Å². The number of amides is 1. The van der Waals surface area contributed by atoms with Gasteiger partial charge in [0.05, 0.1) is 21.6 Å². The molecule has 5 heteroatoms. The number of anilines is 1. The van der Waals surface area contributed by atoms with Crippen LogP contribution in [0.25, 0.3) is 10.2 Å². The van der Waals surface area contributed by atoms with Crippen LogP contribution in [0.15, 0.2) is 42.5 Å². The van der Waals surface area contributed by atoms with Crippen molar-refractivity contribution >= 4 is 33.1 Å². The Morgan fingerprint density at radius 1 is 1.24 bits per heavy atom. The Bertz CT molecular complexity index is 796. The van der Waals surface area contributed by atoms with E-state index in [1.165, 1.54) is 12.1 Å². The number of thiazole rings is 1. The largest absolute Gasteiger partial charge is 0.326 e. The highest BCUT2D eigenvalue weighted by Crippen LogP contribution is 2.24. The van der Waals surface area contributed by atoms with Gasteiger partial charge in [-0.1, -0.05) is 12.1 Å². The Kier molecular flexibility index (Phi) is 3.66. The first kappa shape index (κ1) is 13.7. The normalized spacial score (nSPS) is 10.8. The van der Waals surface area contributed by atoms with Gasteiger partial charge >= 0.3 is 0 Å². The molecule has 0 radical (unpaired) electrons. The number of nitrogens with one attached hydrogen (secondary N) is 1. The highest BCUT2D eigenvalue weighted by molar-refractivity contribution is 7.18. The lowest BCUT2D eigenvalue weighted by Gasteiger charge is -2.05. The Morgan fingerprint density at radius 3 is 2.76 bits per heavy atom. The number of hydrogen-bond donors (Lipinski definition) is 1. The molecule has 106 valence electrons. The van der Waals surface area contributed by atoms with Crippen molar-refractivity contribution in [3.63, 3.8) is 0 Å². The van der Waals surface area contributed by atoms with E-state index in [9.17, 15) is 9.18 Å². The molecule has 0 atom stereocenters. The zero-order chi connectivity index (χ0) is 14.8. The van der Waals surface area contributed by atoms with Crippen molar-refractivity contribution in [3.8, 4) is 0 Å². The van der Waals surface area contributed by atoms with Crippen LogP contribution in [-0.4, -0.2) is 10.9 Å². The molecule has 0 aliphatic rings. The molecule has 0 saturated carbocycles. The van der Waals surface area contributed by atoms with Crippen molar-refractivity contribution in [1.29, 1.82) is 0 Å². The molecular weight excluding hydrogens is 287 g/mol. The average Bonchev–Trinajstić information content (AvgIpc) is 2.80. The number of carbonyl (C=O) groups excluding carboxylic acids is 1. The lowest BCUT2D eigenvalue weighted by atomic mass is 10.1. The third-order valence-corrected chi connectivity index (χ3v) is 4.01. The first-order chi connectivity index (χ1) is 10.1. The molecular formula is C16H13FN2OS. The lowest BCUT2D eigenvalue weighted by molar-refractivity contribution is -0.115. The van der Waals surface area contributed by atoms with Gasteiger partial charge in [0, 0.05) is 5.69 Å². The number of aryl methyl sites for hydroxylation is 1. The zero-order valence-corrected chi connectivity index (χ0v) is 12.2. The first-order valence-corrected chi connectivity index (χ1v) is 7.33. The first-order valence-electron chi connectivity index (χ1n) is 6.52. The van der Waals surface area contributed by atoms with E-state index >= 15 is 0 Å². The molecule has 0 unspecified atom stereocenters. The van der Waals surface area contributed by atoms with Crippen LogP contribution in [0.4, 0.5) is 10.1 Å². The molecule has 0 aliphatic carbocycles. The quantitative estimate of drug-likeness (QED) is 0.796. The highest BCUT2D eigenvalue weighted by atomic mass is 32.1. The van der Waals surface area contributed by atoms with Crippen LogP contribution >= 0.6 is 11.3 Å². The van der Waals surface area contributed by atoms with Crippen LogP contribution in [0.5, 0.6) is 0 Å². The number of nitrogens with zero attached hydrogens (tertiary/aromatic N) is 1. The maximum atomic E-state index is 12.8. The third kappa shape index (κ3) is 3.25. The molecule has 2 aromatic carbocycles. The minimum Gasteiger partial charge on any atom is -0.326 e. The van der Waals surface area contributed by atoms with E-state index in [0.29, 0.717) is 0 Å². The minimum absolute atomic E-state index is 0.132. The average molecular weight is 300 g/mol. The monoisotopic (exact) mass is 300 g/mol. The van der Waals surface area contributed by atoms with E-state index in [0.717, 1.165) is 26.5 Å². The van der Waals surface area contributed by atoms with Gasteiger partial charge in [0.2, 0.25) is 5.91 Å². The molecule has 0 spiro atoms. The van der Waals surface area contributed by atoms with E-state index in [2.05, 4.69) is 10.3 Å². The number of carbonyl (C=O) groups is 1. The highest BCUT2D eigenvalue weighted by Gasteiger charge is 2.06. The van der Waals surface area contributed by atoms with Crippen molar-refractivity contribution < 1.29 is 9.18 Å². The Balaban J connectivity index is 1.71. The summed E-state index contributed by atoms with van der Waals surface area (Å²) in [7, 11) is 0. The summed E-state index contributed by atoms with van der Waals surface area (Å²) in [6.45, 7) is 1.96. The van der Waals surface area contributed by atoms with Crippen molar-refractivity contribution in [1.82, 2.24) is 4.98 Å². The fourth-order valence-electron chi connectivity index (χ4n) is 2.11.